The molecule has 0 aliphatic carbocycles. The maximum Gasteiger partial charge on any atom is 0.264 e. The van der Waals surface area contributed by atoms with E-state index < -0.39 is 23.2 Å². The minimum atomic E-state index is -0.794. The Balaban J connectivity index is 1.98. The molecule has 1 atom stereocenters. The van der Waals surface area contributed by atoms with Crippen molar-refractivity contribution in [3.05, 3.63) is 86.9 Å². The zero-order valence-electron chi connectivity index (χ0n) is 16.6. The highest BCUT2D eigenvalue weighted by Crippen LogP contribution is 2.28. The van der Waals surface area contributed by atoms with Crippen molar-refractivity contribution in [3.63, 3.8) is 0 Å². The molecule has 32 heavy (non-hydrogen) atoms. The Bertz CT molecular complexity index is 1460. The molecule has 7 nitrogen and oxygen atoms in total. The molecule has 160 valence electrons. The van der Waals surface area contributed by atoms with Gasteiger partial charge < -0.3 is 11.1 Å². The smallest absolute Gasteiger partial charge is 0.264 e. The van der Waals surface area contributed by atoms with Crippen molar-refractivity contribution in [3.8, 4) is 11.8 Å². The highest BCUT2D eigenvalue weighted by molar-refractivity contribution is 6.35. The van der Waals surface area contributed by atoms with E-state index >= 15 is 0 Å². The van der Waals surface area contributed by atoms with Crippen LogP contribution in [0.15, 0.2) is 53.5 Å². The van der Waals surface area contributed by atoms with Gasteiger partial charge in [0.05, 0.1) is 28.3 Å². The molecule has 0 saturated heterocycles. The van der Waals surface area contributed by atoms with Crippen molar-refractivity contribution in [1.82, 2.24) is 14.5 Å². The molecule has 0 radical (unpaired) electrons. The number of hydrogen-bond acceptors (Lipinski definition) is 6. The summed E-state index contributed by atoms with van der Waals surface area (Å²) in [4.78, 5) is 21.2. The Morgan fingerprint density at radius 2 is 2.03 bits per heavy atom. The second-order valence-electron chi connectivity index (χ2n) is 6.98. The van der Waals surface area contributed by atoms with Crippen LogP contribution in [0.4, 0.5) is 20.5 Å². The molecule has 0 aliphatic heterocycles. The van der Waals surface area contributed by atoms with Gasteiger partial charge in [-0.2, -0.15) is 10.2 Å². The molecule has 2 aromatic carbocycles. The Labute approximate surface area is 185 Å². The Morgan fingerprint density at radius 1 is 1.25 bits per heavy atom. The van der Waals surface area contributed by atoms with Gasteiger partial charge in [-0.15, -0.1) is 0 Å². The van der Waals surface area contributed by atoms with Crippen LogP contribution >= 0.6 is 11.6 Å². The van der Waals surface area contributed by atoms with Gasteiger partial charge >= 0.3 is 0 Å². The molecule has 2 aromatic heterocycles. The summed E-state index contributed by atoms with van der Waals surface area (Å²) in [6.07, 6.45) is 1.26. The van der Waals surface area contributed by atoms with Crippen molar-refractivity contribution in [2.24, 2.45) is 0 Å². The van der Waals surface area contributed by atoms with Crippen LogP contribution in [0.2, 0.25) is 5.02 Å². The number of nitrogens with one attached hydrogen (secondary N) is 1. The normalized spacial score (nSPS) is 11.8. The fraction of sp³-hybridized carbons (Fsp3) is 0.0909. The van der Waals surface area contributed by atoms with Gasteiger partial charge in [0.15, 0.2) is 0 Å². The summed E-state index contributed by atoms with van der Waals surface area (Å²) >= 11 is 6.25. The zero-order valence-corrected chi connectivity index (χ0v) is 17.4. The highest BCUT2D eigenvalue weighted by Gasteiger charge is 2.21. The molecule has 0 bridgehead atoms. The number of aromatic nitrogens is 3. The van der Waals surface area contributed by atoms with Gasteiger partial charge in [-0.1, -0.05) is 23.7 Å². The highest BCUT2D eigenvalue weighted by atomic mass is 35.5. The fourth-order valence-corrected chi connectivity index (χ4v) is 3.69. The van der Waals surface area contributed by atoms with Gasteiger partial charge in [0.2, 0.25) is 5.95 Å². The van der Waals surface area contributed by atoms with E-state index in [1.54, 1.807) is 31.2 Å². The van der Waals surface area contributed by atoms with E-state index in [0.29, 0.717) is 5.39 Å². The first-order valence-corrected chi connectivity index (χ1v) is 9.76. The molecule has 4 aromatic rings. The molecule has 0 aliphatic rings. The summed E-state index contributed by atoms with van der Waals surface area (Å²) in [6.45, 7) is 1.68. The molecule has 4 rings (SSSR count). The molecule has 0 unspecified atom stereocenters. The number of nitriles is 1. The van der Waals surface area contributed by atoms with E-state index in [1.807, 2.05) is 6.07 Å². The molecule has 0 saturated carbocycles. The average molecular weight is 453 g/mol. The van der Waals surface area contributed by atoms with E-state index in [2.05, 4.69) is 15.3 Å². The second kappa shape index (κ2) is 8.24. The van der Waals surface area contributed by atoms with Gasteiger partial charge in [0.1, 0.15) is 29.1 Å². The van der Waals surface area contributed by atoms with E-state index in [1.165, 1.54) is 6.20 Å². The third-order valence-electron chi connectivity index (χ3n) is 4.90. The van der Waals surface area contributed by atoms with Crippen molar-refractivity contribution in [2.45, 2.75) is 13.0 Å². The molecule has 0 spiro atoms. The number of anilines is 2. The predicted molar refractivity (Wildman–Crippen MR) is 118 cm³/mol. The molecule has 2 heterocycles. The number of rotatable bonds is 4. The maximum atomic E-state index is 14.7. The van der Waals surface area contributed by atoms with Crippen LogP contribution in [0.1, 0.15) is 24.2 Å². The lowest BCUT2D eigenvalue weighted by Crippen LogP contribution is -2.27. The number of halogens is 3. The van der Waals surface area contributed by atoms with E-state index in [0.717, 1.165) is 22.8 Å². The van der Waals surface area contributed by atoms with Crippen LogP contribution in [0.3, 0.4) is 0 Å². The van der Waals surface area contributed by atoms with E-state index in [4.69, 9.17) is 17.3 Å². The number of benzene rings is 2. The van der Waals surface area contributed by atoms with Crippen LogP contribution in [-0.2, 0) is 0 Å². The van der Waals surface area contributed by atoms with Crippen molar-refractivity contribution >= 4 is 34.1 Å². The first-order chi connectivity index (χ1) is 15.3. The van der Waals surface area contributed by atoms with Crippen LogP contribution in [0.5, 0.6) is 0 Å². The van der Waals surface area contributed by atoms with Crippen molar-refractivity contribution in [1.29, 1.82) is 5.26 Å². The monoisotopic (exact) mass is 452 g/mol. The van der Waals surface area contributed by atoms with E-state index in [9.17, 15) is 18.8 Å². The second-order valence-corrected chi connectivity index (χ2v) is 7.39. The van der Waals surface area contributed by atoms with Crippen LogP contribution in [0.25, 0.3) is 16.5 Å². The molecular weight excluding hydrogens is 438 g/mol. The fourth-order valence-electron chi connectivity index (χ4n) is 3.43. The van der Waals surface area contributed by atoms with Crippen LogP contribution < -0.4 is 16.6 Å². The number of nitrogens with two attached hydrogens (primary N) is 1. The lowest BCUT2D eigenvalue weighted by atomic mass is 10.1. The Kier molecular flexibility index (Phi) is 5.47. The van der Waals surface area contributed by atoms with Crippen molar-refractivity contribution in [2.75, 3.05) is 11.1 Å². The first-order valence-electron chi connectivity index (χ1n) is 9.39. The molecule has 3 N–H and O–H groups in total. The average Bonchev–Trinajstić information content (AvgIpc) is 2.75. The maximum absolute atomic E-state index is 14.7. The topological polar surface area (TPSA) is 110 Å². The summed E-state index contributed by atoms with van der Waals surface area (Å²) in [7, 11) is 0. The van der Waals surface area contributed by atoms with Gasteiger partial charge in [-0.25, -0.2) is 13.8 Å². The predicted octanol–water partition coefficient (Wildman–Crippen LogP) is 4.34. The molecule has 0 fully saturated rings. The minimum absolute atomic E-state index is 0.0578. The SMILES string of the molecule is C[C@H](Nc1nc(N)ncc1C#N)c1cc2cccc(Cl)c2c(=O)n1-c1cc(F)ccc1F. The zero-order chi connectivity index (χ0) is 23.0. The van der Waals surface area contributed by atoms with Crippen LogP contribution in [-0.4, -0.2) is 14.5 Å². The van der Waals surface area contributed by atoms with Gasteiger partial charge in [-0.3, -0.25) is 9.36 Å². The number of fused-ring (bicyclic) bond motifs is 1. The summed E-state index contributed by atoms with van der Waals surface area (Å²) in [5.41, 5.74) is 5.15. The number of nitrogens with zero attached hydrogens (tertiary/aromatic N) is 4. The summed E-state index contributed by atoms with van der Waals surface area (Å²) in [5, 5.41) is 13.2. The molecule has 10 heteroatoms. The lowest BCUT2D eigenvalue weighted by molar-refractivity contribution is 0.587. The summed E-state index contributed by atoms with van der Waals surface area (Å²) in [5.74, 6) is -1.43. The van der Waals surface area contributed by atoms with Gasteiger partial charge in [0.25, 0.3) is 5.56 Å². The van der Waals surface area contributed by atoms with E-state index in [-0.39, 0.29) is 39.1 Å². The third kappa shape index (κ3) is 3.72. The summed E-state index contributed by atoms with van der Waals surface area (Å²) < 4.78 is 29.8. The minimum Gasteiger partial charge on any atom is -0.368 e. The number of pyridine rings is 1. The molecular formula is C22H15ClF2N6O. The third-order valence-corrected chi connectivity index (χ3v) is 5.21. The van der Waals surface area contributed by atoms with Gasteiger partial charge in [0, 0.05) is 11.8 Å². The quantitative estimate of drug-likeness (QED) is 0.476. The number of hydrogen-bond donors (Lipinski definition) is 2. The largest absolute Gasteiger partial charge is 0.368 e. The lowest BCUT2D eigenvalue weighted by Gasteiger charge is -2.22. The first kappa shape index (κ1) is 21.2. The van der Waals surface area contributed by atoms with Gasteiger partial charge in [-0.05, 0) is 36.6 Å². The Hall–Kier alpha value is -4.03. The van der Waals surface area contributed by atoms with Crippen molar-refractivity contribution < 1.29 is 8.78 Å². The van der Waals surface area contributed by atoms with Crippen LogP contribution in [0, 0.1) is 23.0 Å². The summed E-state index contributed by atoms with van der Waals surface area (Å²) in [6, 6.07) is 10.6. The molecule has 0 amide bonds. The standard InChI is InChI=1S/C22H15ClF2N6O/c1-11(29-20-13(9-26)10-28-22(27)30-20)17-7-12-3-2-4-15(23)19(12)21(32)31(17)18-8-14(24)5-6-16(18)25/h2-8,10-11H,1H3,(H3,27,28,29,30)/t11-/m0/s1. The number of nitrogen functional groups attached to an aromatic ring is 1. The Morgan fingerprint density at radius 3 is 2.78 bits per heavy atom.